The van der Waals surface area contributed by atoms with Crippen LogP contribution in [0, 0.1) is 6.92 Å². The second kappa shape index (κ2) is 9.85. The molecule has 1 aromatic carbocycles. The molecule has 2 heterocycles. The Bertz CT molecular complexity index is 721. The maximum Gasteiger partial charge on any atom is 0.277 e. The minimum absolute atomic E-state index is 0.198. The van der Waals surface area contributed by atoms with Gasteiger partial charge in [0.15, 0.2) is 0 Å². The van der Waals surface area contributed by atoms with Gasteiger partial charge >= 0.3 is 0 Å². The summed E-state index contributed by atoms with van der Waals surface area (Å²) < 4.78 is 11.0. The number of rotatable bonds is 9. The van der Waals surface area contributed by atoms with Crippen LogP contribution in [-0.4, -0.2) is 67.7 Å². The number of amides is 2. The fourth-order valence-electron chi connectivity index (χ4n) is 3.50. The molecule has 1 fully saturated rings. The summed E-state index contributed by atoms with van der Waals surface area (Å²) in [6.45, 7) is 8.18. The average molecular weight is 386 g/mol. The lowest BCUT2D eigenvalue weighted by Crippen LogP contribution is -2.40. The van der Waals surface area contributed by atoms with E-state index in [2.05, 4.69) is 6.92 Å². The third-order valence-corrected chi connectivity index (χ3v) is 5.12. The van der Waals surface area contributed by atoms with Crippen LogP contribution in [0.3, 0.4) is 0 Å². The topological polar surface area (TPSA) is 59.1 Å². The lowest BCUT2D eigenvalue weighted by molar-refractivity contribution is -0.138. The predicted octanol–water partition coefficient (Wildman–Crippen LogP) is 2.61. The Hall–Kier alpha value is -2.18. The highest BCUT2D eigenvalue weighted by molar-refractivity contribution is 6.35. The van der Waals surface area contributed by atoms with Crippen molar-refractivity contribution >= 4 is 17.4 Å². The molecule has 0 N–H and O–H groups in total. The predicted molar refractivity (Wildman–Crippen MR) is 108 cm³/mol. The van der Waals surface area contributed by atoms with Crippen molar-refractivity contribution in [3.05, 3.63) is 41.1 Å². The van der Waals surface area contributed by atoms with E-state index >= 15 is 0 Å². The van der Waals surface area contributed by atoms with Gasteiger partial charge in [-0.15, -0.1) is 0 Å². The van der Waals surface area contributed by atoms with Crippen LogP contribution >= 0.6 is 0 Å². The number of aryl methyl sites for hydroxylation is 1. The second-order valence-electron chi connectivity index (χ2n) is 7.27. The van der Waals surface area contributed by atoms with Crippen LogP contribution in [0.25, 0.3) is 5.57 Å². The van der Waals surface area contributed by atoms with Crippen molar-refractivity contribution in [1.29, 1.82) is 0 Å². The maximum absolute atomic E-state index is 13.2. The van der Waals surface area contributed by atoms with Gasteiger partial charge in [-0.25, -0.2) is 0 Å². The maximum atomic E-state index is 13.2. The number of morpholine rings is 1. The molecule has 0 aromatic heterocycles. The Balaban J connectivity index is 1.77. The van der Waals surface area contributed by atoms with Gasteiger partial charge in [0.05, 0.1) is 18.8 Å². The number of unbranched alkanes of at least 4 members (excludes halogenated alkanes) is 1. The molecular weight excluding hydrogens is 356 g/mol. The van der Waals surface area contributed by atoms with Gasteiger partial charge in [0, 0.05) is 32.8 Å². The van der Waals surface area contributed by atoms with E-state index in [9.17, 15) is 9.59 Å². The van der Waals surface area contributed by atoms with Crippen molar-refractivity contribution in [1.82, 2.24) is 9.80 Å². The van der Waals surface area contributed by atoms with Crippen molar-refractivity contribution in [2.45, 2.75) is 33.1 Å². The van der Waals surface area contributed by atoms with Gasteiger partial charge in [-0.1, -0.05) is 43.2 Å². The van der Waals surface area contributed by atoms with Crippen LogP contribution in [0.2, 0.25) is 0 Å². The molecule has 1 saturated heterocycles. The van der Waals surface area contributed by atoms with Crippen LogP contribution < -0.4 is 0 Å². The molecule has 0 aliphatic carbocycles. The van der Waals surface area contributed by atoms with E-state index in [1.807, 2.05) is 36.1 Å². The van der Waals surface area contributed by atoms with Gasteiger partial charge in [-0.05, 0) is 25.3 Å². The summed E-state index contributed by atoms with van der Waals surface area (Å²) in [7, 11) is 0. The Labute approximate surface area is 167 Å². The molecule has 0 spiro atoms. The van der Waals surface area contributed by atoms with Crippen LogP contribution in [0.15, 0.2) is 30.0 Å². The summed E-state index contributed by atoms with van der Waals surface area (Å²) >= 11 is 0. The smallest absolute Gasteiger partial charge is 0.277 e. The Morgan fingerprint density at radius 3 is 2.36 bits per heavy atom. The normalized spacial score (nSPS) is 17.8. The quantitative estimate of drug-likeness (QED) is 0.482. The lowest BCUT2D eigenvalue weighted by atomic mass is 10.0. The second-order valence-corrected chi connectivity index (χ2v) is 7.27. The molecule has 0 atom stereocenters. The zero-order chi connectivity index (χ0) is 19.9. The number of imide groups is 1. The van der Waals surface area contributed by atoms with Crippen molar-refractivity contribution in [3.63, 3.8) is 0 Å². The summed E-state index contributed by atoms with van der Waals surface area (Å²) in [5.41, 5.74) is 2.95. The van der Waals surface area contributed by atoms with E-state index in [0.717, 1.165) is 30.6 Å². The molecule has 0 radical (unpaired) electrons. The van der Waals surface area contributed by atoms with Crippen molar-refractivity contribution in [2.24, 2.45) is 0 Å². The fraction of sp³-hybridized carbons (Fsp3) is 0.545. The van der Waals surface area contributed by atoms with Crippen LogP contribution in [0.5, 0.6) is 0 Å². The molecule has 2 aliphatic rings. The summed E-state index contributed by atoms with van der Waals surface area (Å²) in [4.78, 5) is 29.7. The van der Waals surface area contributed by atoms with E-state index in [1.54, 1.807) is 0 Å². The monoisotopic (exact) mass is 386 g/mol. The van der Waals surface area contributed by atoms with Gasteiger partial charge in [-0.2, -0.15) is 0 Å². The average Bonchev–Trinajstić information content (AvgIpc) is 2.96. The van der Waals surface area contributed by atoms with Crippen molar-refractivity contribution < 1.29 is 19.1 Å². The number of benzene rings is 1. The summed E-state index contributed by atoms with van der Waals surface area (Å²) in [6.07, 6.45) is 2.77. The molecule has 1 aromatic rings. The first kappa shape index (κ1) is 20.6. The number of ether oxygens (including phenoxy) is 2. The highest BCUT2D eigenvalue weighted by atomic mass is 16.5. The number of carbonyl (C=O) groups excluding carboxylic acids is 2. The first-order valence-electron chi connectivity index (χ1n) is 10.2. The highest BCUT2D eigenvalue weighted by Gasteiger charge is 2.41. The molecule has 3 rings (SSSR count). The molecule has 152 valence electrons. The Kier molecular flexibility index (Phi) is 7.23. The van der Waals surface area contributed by atoms with Crippen LogP contribution in [0.1, 0.15) is 37.3 Å². The fourth-order valence-corrected chi connectivity index (χ4v) is 3.50. The van der Waals surface area contributed by atoms with Gasteiger partial charge in [0.1, 0.15) is 5.70 Å². The molecule has 0 unspecified atom stereocenters. The van der Waals surface area contributed by atoms with E-state index in [1.165, 1.54) is 4.90 Å². The van der Waals surface area contributed by atoms with E-state index in [0.29, 0.717) is 57.1 Å². The van der Waals surface area contributed by atoms with Gasteiger partial charge in [-0.3, -0.25) is 14.5 Å². The Morgan fingerprint density at radius 1 is 1.00 bits per heavy atom. The molecule has 2 aliphatic heterocycles. The minimum atomic E-state index is -0.205. The summed E-state index contributed by atoms with van der Waals surface area (Å²) in [5, 5.41) is 0. The number of hydrogen-bond donors (Lipinski definition) is 0. The van der Waals surface area contributed by atoms with E-state index in [4.69, 9.17) is 9.47 Å². The van der Waals surface area contributed by atoms with Gasteiger partial charge < -0.3 is 14.4 Å². The molecule has 2 amide bonds. The highest BCUT2D eigenvalue weighted by Crippen LogP contribution is 2.32. The molecule has 0 bridgehead atoms. The molecule has 6 nitrogen and oxygen atoms in total. The summed E-state index contributed by atoms with van der Waals surface area (Å²) in [5.74, 6) is -0.403. The van der Waals surface area contributed by atoms with Crippen LogP contribution in [-0.2, 0) is 19.1 Å². The lowest BCUT2D eigenvalue weighted by Gasteiger charge is -2.29. The van der Waals surface area contributed by atoms with Gasteiger partial charge in [0.25, 0.3) is 11.8 Å². The van der Waals surface area contributed by atoms with E-state index in [-0.39, 0.29) is 11.8 Å². The summed E-state index contributed by atoms with van der Waals surface area (Å²) in [6, 6.07) is 7.80. The number of hydrogen-bond acceptors (Lipinski definition) is 5. The Morgan fingerprint density at radius 2 is 1.68 bits per heavy atom. The van der Waals surface area contributed by atoms with Crippen molar-refractivity contribution in [2.75, 3.05) is 46.1 Å². The van der Waals surface area contributed by atoms with Gasteiger partial charge in [0.2, 0.25) is 0 Å². The molecule has 0 saturated carbocycles. The SMILES string of the molecule is CCCCOCCCN1C(=O)C(c2ccc(C)cc2)=C(N2CCOCC2)C1=O. The number of nitrogens with zero attached hydrogens (tertiary/aromatic N) is 2. The zero-order valence-electron chi connectivity index (χ0n) is 16.9. The zero-order valence-corrected chi connectivity index (χ0v) is 16.9. The largest absolute Gasteiger partial charge is 0.381 e. The first-order chi connectivity index (χ1) is 13.6. The van der Waals surface area contributed by atoms with E-state index < -0.39 is 0 Å². The standard InChI is InChI=1S/C22H30N2O4/c1-3-4-13-27-14-5-10-24-21(25)19(18-8-6-17(2)7-9-18)20(22(24)26)23-11-15-28-16-12-23/h6-9H,3-5,10-16H2,1-2H3. The number of carbonyl (C=O) groups is 2. The molecule has 6 heteroatoms. The molecule has 28 heavy (non-hydrogen) atoms. The third-order valence-electron chi connectivity index (χ3n) is 5.12. The van der Waals surface area contributed by atoms with Crippen LogP contribution in [0.4, 0.5) is 0 Å². The molecular formula is C22H30N2O4. The van der Waals surface area contributed by atoms with Crippen molar-refractivity contribution in [3.8, 4) is 0 Å². The third kappa shape index (κ3) is 4.62. The first-order valence-corrected chi connectivity index (χ1v) is 10.2. The minimum Gasteiger partial charge on any atom is -0.381 e.